The van der Waals surface area contributed by atoms with Gasteiger partial charge in [0.1, 0.15) is 5.82 Å². The average Bonchev–Trinajstić information content (AvgIpc) is 2.64. The Morgan fingerprint density at radius 1 is 1.04 bits per heavy atom. The number of nitrogens with zero attached hydrogens (tertiary/aromatic N) is 2. The molecule has 1 aromatic heterocycles. The lowest BCUT2D eigenvalue weighted by Crippen LogP contribution is -2.04. The van der Waals surface area contributed by atoms with Gasteiger partial charge in [0, 0.05) is 21.8 Å². The van der Waals surface area contributed by atoms with Crippen molar-refractivity contribution >= 4 is 28.6 Å². The summed E-state index contributed by atoms with van der Waals surface area (Å²) < 4.78 is 6.21. The molecule has 0 bridgehead atoms. The van der Waals surface area contributed by atoms with Gasteiger partial charge in [0.25, 0.3) is 0 Å². The lowest BCUT2D eigenvalue weighted by Gasteiger charge is -2.06. The van der Waals surface area contributed by atoms with Crippen molar-refractivity contribution in [2.45, 2.75) is 13.3 Å². The fourth-order valence-electron chi connectivity index (χ4n) is 2.42. The Bertz CT molecular complexity index is 862. The molecule has 0 spiro atoms. The third-order valence-corrected chi connectivity index (χ3v) is 4.39. The first kappa shape index (κ1) is 17.5. The second kappa shape index (κ2) is 8.20. The van der Waals surface area contributed by atoms with E-state index in [4.69, 9.17) is 4.74 Å². The normalized spacial score (nSPS) is 10.5. The molecule has 3 rings (SSSR count). The van der Waals surface area contributed by atoms with E-state index in [9.17, 15) is 4.79 Å². The van der Waals surface area contributed by atoms with Crippen molar-refractivity contribution in [3.05, 3.63) is 81.3 Å². The molecule has 0 saturated heterocycles. The van der Waals surface area contributed by atoms with E-state index in [1.807, 2.05) is 18.2 Å². The molecule has 0 radical (unpaired) electrons. The molecule has 0 unspecified atom stereocenters. The molecule has 0 aliphatic rings. The van der Waals surface area contributed by atoms with E-state index in [2.05, 4.69) is 56.8 Å². The van der Waals surface area contributed by atoms with E-state index >= 15 is 0 Å². The third kappa shape index (κ3) is 4.63. The van der Waals surface area contributed by atoms with Crippen LogP contribution >= 0.6 is 22.6 Å². The molecular weight excluding hydrogens is 427 g/mol. The Labute approximate surface area is 160 Å². The molecule has 0 aliphatic heterocycles. The zero-order valence-electron chi connectivity index (χ0n) is 13.8. The second-order valence-electron chi connectivity index (χ2n) is 5.46. The number of benzene rings is 2. The lowest BCUT2D eigenvalue weighted by atomic mass is 10.1. The zero-order chi connectivity index (χ0) is 17.6. The average molecular weight is 444 g/mol. The number of esters is 1. The Balaban J connectivity index is 1.79. The van der Waals surface area contributed by atoms with Crippen LogP contribution < -0.4 is 0 Å². The first-order chi connectivity index (χ1) is 12.2. The summed E-state index contributed by atoms with van der Waals surface area (Å²) in [7, 11) is 0. The van der Waals surface area contributed by atoms with Crippen LogP contribution in [0.3, 0.4) is 0 Å². The van der Waals surface area contributed by atoms with Crippen LogP contribution in [0.25, 0.3) is 11.3 Å². The van der Waals surface area contributed by atoms with Crippen molar-refractivity contribution in [3.63, 3.8) is 0 Å². The van der Waals surface area contributed by atoms with Gasteiger partial charge in [-0.05, 0) is 65.4 Å². The number of halogens is 1. The maximum atomic E-state index is 11.7. The quantitative estimate of drug-likeness (QED) is 0.429. The second-order valence-corrected chi connectivity index (χ2v) is 6.70. The van der Waals surface area contributed by atoms with Gasteiger partial charge >= 0.3 is 5.97 Å². The van der Waals surface area contributed by atoms with Gasteiger partial charge in [-0.2, -0.15) is 0 Å². The summed E-state index contributed by atoms with van der Waals surface area (Å²) in [6.07, 6.45) is 2.45. The highest BCUT2D eigenvalue weighted by molar-refractivity contribution is 14.1. The molecule has 5 heteroatoms. The molecule has 0 aliphatic carbocycles. The molecule has 2 aromatic carbocycles. The Morgan fingerprint density at radius 3 is 2.44 bits per heavy atom. The number of carbonyl (C=O) groups excluding carboxylic acids is 1. The first-order valence-electron chi connectivity index (χ1n) is 7.99. The minimum atomic E-state index is -0.309. The highest BCUT2D eigenvalue weighted by atomic mass is 127. The van der Waals surface area contributed by atoms with E-state index in [0.717, 1.165) is 17.1 Å². The van der Waals surface area contributed by atoms with E-state index in [-0.39, 0.29) is 5.97 Å². The van der Waals surface area contributed by atoms with E-state index in [1.165, 1.54) is 9.13 Å². The van der Waals surface area contributed by atoms with Gasteiger partial charge in [-0.25, -0.2) is 14.8 Å². The molecule has 0 atom stereocenters. The number of rotatable bonds is 5. The highest BCUT2D eigenvalue weighted by Gasteiger charge is 2.08. The van der Waals surface area contributed by atoms with Crippen molar-refractivity contribution in [1.29, 1.82) is 0 Å². The van der Waals surface area contributed by atoms with Crippen LogP contribution in [0.5, 0.6) is 0 Å². The van der Waals surface area contributed by atoms with Crippen molar-refractivity contribution in [3.8, 4) is 11.3 Å². The molecule has 0 saturated carbocycles. The molecule has 4 nitrogen and oxygen atoms in total. The van der Waals surface area contributed by atoms with Crippen LogP contribution in [0.1, 0.15) is 28.7 Å². The Hall–Kier alpha value is -2.28. The molecule has 126 valence electrons. The summed E-state index contributed by atoms with van der Waals surface area (Å²) in [4.78, 5) is 20.7. The Kier molecular flexibility index (Phi) is 5.75. The van der Waals surface area contributed by atoms with Crippen LogP contribution in [0.2, 0.25) is 0 Å². The van der Waals surface area contributed by atoms with Crippen molar-refractivity contribution in [1.82, 2.24) is 9.97 Å². The van der Waals surface area contributed by atoms with Crippen molar-refractivity contribution in [2.75, 3.05) is 6.61 Å². The highest BCUT2D eigenvalue weighted by Crippen LogP contribution is 2.19. The lowest BCUT2D eigenvalue weighted by molar-refractivity contribution is 0.0526. The standard InChI is InChI=1S/C20H17IN2O2/c1-2-25-20(24)16-7-5-15(6-8-16)18-11-12-22-19(23-18)13-14-3-9-17(21)10-4-14/h3-12H,2,13H2,1H3. The molecule has 1 heterocycles. The van der Waals surface area contributed by atoms with Gasteiger partial charge in [0.05, 0.1) is 17.9 Å². The van der Waals surface area contributed by atoms with Gasteiger partial charge < -0.3 is 4.74 Å². The molecule has 3 aromatic rings. The summed E-state index contributed by atoms with van der Waals surface area (Å²) >= 11 is 2.29. The zero-order valence-corrected chi connectivity index (χ0v) is 15.9. The number of carbonyl (C=O) groups is 1. The number of ether oxygens (including phenoxy) is 1. The van der Waals surface area contributed by atoms with Gasteiger partial charge in [-0.1, -0.05) is 24.3 Å². The summed E-state index contributed by atoms with van der Waals surface area (Å²) in [5, 5.41) is 0. The molecule has 0 fully saturated rings. The van der Waals surface area contributed by atoms with E-state index in [1.54, 1.807) is 25.3 Å². The number of hydrogen-bond donors (Lipinski definition) is 0. The van der Waals surface area contributed by atoms with Gasteiger partial charge in [-0.3, -0.25) is 0 Å². The maximum Gasteiger partial charge on any atom is 0.338 e. The van der Waals surface area contributed by atoms with Crippen LogP contribution in [0.4, 0.5) is 0 Å². The predicted octanol–water partition coefficient (Wildman–Crippen LogP) is 4.52. The smallest absolute Gasteiger partial charge is 0.338 e. The minimum absolute atomic E-state index is 0.309. The van der Waals surface area contributed by atoms with Crippen LogP contribution in [-0.2, 0) is 11.2 Å². The molecule has 25 heavy (non-hydrogen) atoms. The maximum absolute atomic E-state index is 11.7. The molecule has 0 amide bonds. The largest absolute Gasteiger partial charge is 0.462 e. The minimum Gasteiger partial charge on any atom is -0.462 e. The summed E-state index contributed by atoms with van der Waals surface area (Å²) in [6, 6.07) is 17.5. The first-order valence-corrected chi connectivity index (χ1v) is 9.07. The van der Waals surface area contributed by atoms with Crippen LogP contribution in [-0.4, -0.2) is 22.5 Å². The van der Waals surface area contributed by atoms with Gasteiger partial charge in [-0.15, -0.1) is 0 Å². The van der Waals surface area contributed by atoms with Gasteiger partial charge in [0.15, 0.2) is 0 Å². The van der Waals surface area contributed by atoms with E-state index in [0.29, 0.717) is 18.6 Å². The topological polar surface area (TPSA) is 52.1 Å². The fourth-order valence-corrected chi connectivity index (χ4v) is 2.78. The number of hydrogen-bond acceptors (Lipinski definition) is 4. The third-order valence-electron chi connectivity index (χ3n) is 3.67. The monoisotopic (exact) mass is 444 g/mol. The summed E-state index contributed by atoms with van der Waals surface area (Å²) in [5.41, 5.74) is 3.50. The predicted molar refractivity (Wildman–Crippen MR) is 105 cm³/mol. The number of aromatic nitrogens is 2. The van der Waals surface area contributed by atoms with Crippen molar-refractivity contribution in [2.24, 2.45) is 0 Å². The fraction of sp³-hybridized carbons (Fsp3) is 0.150. The SMILES string of the molecule is CCOC(=O)c1ccc(-c2ccnc(Cc3ccc(I)cc3)n2)cc1. The van der Waals surface area contributed by atoms with Crippen molar-refractivity contribution < 1.29 is 9.53 Å². The Morgan fingerprint density at radius 2 is 1.76 bits per heavy atom. The van der Waals surface area contributed by atoms with Crippen LogP contribution in [0, 0.1) is 3.57 Å². The molecule has 0 N–H and O–H groups in total. The molecular formula is C20H17IN2O2. The van der Waals surface area contributed by atoms with Gasteiger partial charge in [0.2, 0.25) is 0 Å². The van der Waals surface area contributed by atoms with E-state index < -0.39 is 0 Å². The summed E-state index contributed by atoms with van der Waals surface area (Å²) in [5.74, 6) is 0.462. The summed E-state index contributed by atoms with van der Waals surface area (Å²) in [6.45, 7) is 2.16. The van der Waals surface area contributed by atoms with Crippen LogP contribution in [0.15, 0.2) is 60.8 Å².